The van der Waals surface area contributed by atoms with E-state index in [0.29, 0.717) is 0 Å². The number of hydrogen-bond donors (Lipinski definition) is 0. The summed E-state index contributed by atoms with van der Waals surface area (Å²) in [6, 6.07) is 0. The van der Waals surface area contributed by atoms with Crippen molar-refractivity contribution in [1.82, 2.24) is 0 Å². The number of hydrogen-bond acceptors (Lipinski definition) is 2. The van der Waals surface area contributed by atoms with E-state index in [1.165, 1.54) is 0 Å². The van der Waals surface area contributed by atoms with Crippen LogP contribution in [0.4, 0.5) is 0 Å². The van der Waals surface area contributed by atoms with Crippen LogP contribution in [0, 0.1) is 0 Å². The molecule has 0 rings (SSSR count). The average molecular weight is 250 g/mol. The van der Waals surface area contributed by atoms with E-state index in [2.05, 4.69) is 0 Å². The molecule has 0 spiro atoms. The zero-order chi connectivity index (χ0) is 0. The van der Waals surface area contributed by atoms with Crippen LogP contribution in [0.1, 0.15) is 0 Å². The first kappa shape index (κ1) is 406. The zero-order valence-corrected chi connectivity index (χ0v) is 5.05. The molecule has 0 aromatic rings. The van der Waals surface area contributed by atoms with Gasteiger partial charge < -0.3 is 21.9 Å². The van der Waals surface area contributed by atoms with Crippen molar-refractivity contribution in [1.29, 1.82) is 0 Å². The third-order valence-electron chi connectivity index (χ3n) is 0. The first-order chi connectivity index (χ1) is 0. The second-order valence-electron chi connectivity index (χ2n) is 0. The summed E-state index contributed by atoms with van der Waals surface area (Å²) in [6.45, 7) is 0. The molecule has 0 amide bonds. The van der Waals surface area contributed by atoms with Crippen molar-refractivity contribution in [3.05, 3.63) is 0 Å². The second-order valence-corrected chi connectivity index (χ2v) is 0. The van der Waals surface area contributed by atoms with Gasteiger partial charge in [-0.1, -0.05) is 0 Å². The van der Waals surface area contributed by atoms with E-state index in [9.17, 15) is 0 Å². The summed E-state index contributed by atoms with van der Waals surface area (Å²) >= 11 is 0. The van der Waals surface area contributed by atoms with E-state index in [-0.39, 0.29) is 43.0 Å². The van der Waals surface area contributed by atoms with Gasteiger partial charge in [0.15, 0.2) is 0 Å². The average Bonchev–Trinajstić information content (AvgIpc) is 0. The van der Waals surface area contributed by atoms with Gasteiger partial charge in [0.2, 0.25) is 0 Å². The Hall–Kier alpha value is 0.528. The molecule has 4 nitrogen and oxygen atoms in total. The van der Waals surface area contributed by atoms with Crippen molar-refractivity contribution in [3.63, 3.8) is 0 Å². The molecule has 38 valence electrons. The largest absolute Gasteiger partial charge is 2.00 e. The van der Waals surface area contributed by atoms with Crippen LogP contribution in [0.3, 0.4) is 0 Å². The van der Waals surface area contributed by atoms with Gasteiger partial charge in [0.25, 0.3) is 0 Å². The summed E-state index contributed by atoms with van der Waals surface area (Å²) in [6.07, 6.45) is 0. The molecule has 0 unspecified atom stereocenters. The first-order valence-electron chi connectivity index (χ1n) is 0. The topological polar surface area (TPSA) is 117 Å². The van der Waals surface area contributed by atoms with Gasteiger partial charge in [-0.2, -0.15) is 0 Å². The quantitative estimate of drug-likeness (QED) is 0.570. The molecule has 0 radical (unpaired) electrons. The van der Waals surface area contributed by atoms with E-state index >= 15 is 0 Å². The molecular weight excluding hydrogens is 248 g/mol. The summed E-state index contributed by atoms with van der Waals surface area (Å²) in [4.78, 5) is 0. The van der Waals surface area contributed by atoms with Crippen LogP contribution < -0.4 is 0 Å². The van der Waals surface area contributed by atoms with Crippen LogP contribution in [0.15, 0.2) is 0 Å². The van der Waals surface area contributed by atoms with Gasteiger partial charge in [0.05, 0.1) is 0 Å². The molecule has 0 saturated carbocycles. The smallest absolute Gasteiger partial charge is 0 e. The summed E-state index contributed by atoms with van der Waals surface area (Å²) in [7, 11) is 0. The van der Waals surface area contributed by atoms with Gasteiger partial charge in [-0.3, -0.25) is 0 Å². The molecule has 5 heavy (non-hydrogen) atoms. The van der Waals surface area contributed by atoms with E-state index in [1.54, 1.807) is 0 Å². The monoisotopic (exact) mass is 250 g/mol. The summed E-state index contributed by atoms with van der Waals surface area (Å²) < 4.78 is 0. The van der Waals surface area contributed by atoms with Crippen molar-refractivity contribution in [2.75, 3.05) is 0 Å². The Morgan fingerprint density at radius 3 is 0.600 bits per heavy atom. The van der Waals surface area contributed by atoms with Crippen LogP contribution in [-0.4, -0.2) is 11.0 Å². The Morgan fingerprint density at radius 2 is 0.600 bits per heavy atom. The fraction of sp³-hybridized carbons (Fsp3) is 0. The predicted molar refractivity (Wildman–Crippen MR) is 5.24 cm³/mol. The molecule has 2 N–H and O–H groups in total. The molecule has 0 aliphatic carbocycles. The maximum Gasteiger partial charge on any atom is 0 e. The molecule has 0 atom stereocenters. The van der Waals surface area contributed by atoms with Crippen molar-refractivity contribution >= 4 is 0 Å². The maximum absolute atomic E-state index is 0. The van der Waals surface area contributed by atoms with Gasteiger partial charge >= 0.3 is 0 Å². The van der Waals surface area contributed by atoms with Crippen LogP contribution in [0.5, 0.6) is 0 Å². The Balaban J connectivity index is 0. The molecule has 0 heterocycles. The Kier molecular flexibility index (Phi) is 16400. The summed E-state index contributed by atoms with van der Waals surface area (Å²) in [5, 5.41) is 0. The normalized spacial score (nSPS) is 0. The van der Waals surface area contributed by atoms with Crippen molar-refractivity contribution < 1.29 is 43.0 Å². The molecule has 0 saturated heterocycles. The third kappa shape index (κ3) is 104. The maximum atomic E-state index is 0. The Morgan fingerprint density at radius 1 is 0.600 bits per heavy atom. The van der Waals surface area contributed by atoms with Crippen LogP contribution in [0.25, 0.3) is 0 Å². The van der Waals surface area contributed by atoms with Crippen LogP contribution >= 0.6 is 0 Å². The minimum atomic E-state index is 0. The predicted octanol–water partition coefficient (Wildman–Crippen LogP) is -0.594. The molecule has 0 aromatic carbocycles. The molecule has 0 aliphatic rings. The second kappa shape index (κ2) is 202. The van der Waals surface area contributed by atoms with Gasteiger partial charge in [-0.25, -0.2) is 0 Å². The molecule has 0 bridgehead atoms. The molecule has 0 aromatic heterocycles. The fourth-order valence-corrected chi connectivity index (χ4v) is 0. The van der Waals surface area contributed by atoms with E-state index in [1.807, 2.05) is 0 Å². The van der Waals surface area contributed by atoms with Crippen molar-refractivity contribution in [2.24, 2.45) is 0 Å². The summed E-state index contributed by atoms with van der Waals surface area (Å²) in [5.74, 6) is 0. The minimum Gasteiger partial charge on any atom is -2.00 e. The van der Waals surface area contributed by atoms with Gasteiger partial charge in [0.1, 0.15) is 0 Å². The van der Waals surface area contributed by atoms with E-state index < -0.39 is 0 Å². The SMILES string of the molecule is [O-2].[O-2].[OH-].[OH-].[W]. The Labute approximate surface area is 43.7 Å². The fourth-order valence-electron chi connectivity index (χ4n) is 0. The van der Waals surface area contributed by atoms with Gasteiger partial charge in [-0.15, -0.1) is 0 Å². The van der Waals surface area contributed by atoms with Gasteiger partial charge in [0, 0.05) is 21.1 Å². The molecule has 5 heteroatoms. The van der Waals surface area contributed by atoms with Crippen molar-refractivity contribution in [3.8, 4) is 0 Å². The molecule has 0 fully saturated rings. The minimum absolute atomic E-state index is 0. The van der Waals surface area contributed by atoms with Crippen LogP contribution in [-0.2, 0) is 32.0 Å². The van der Waals surface area contributed by atoms with E-state index in [0.717, 1.165) is 0 Å². The van der Waals surface area contributed by atoms with Crippen LogP contribution in [0.2, 0.25) is 0 Å². The summed E-state index contributed by atoms with van der Waals surface area (Å²) in [5.41, 5.74) is 0. The number of rotatable bonds is 0. The van der Waals surface area contributed by atoms with E-state index in [4.69, 9.17) is 0 Å². The standard InChI is InChI=1S/2H2O.2O.W/h2*1H2;;;/q;;2*-2;/p-2. The third-order valence-corrected chi connectivity index (χ3v) is 0. The van der Waals surface area contributed by atoms with Crippen molar-refractivity contribution in [2.45, 2.75) is 0 Å². The van der Waals surface area contributed by atoms with Gasteiger partial charge in [-0.05, 0) is 0 Å². The first-order valence-corrected chi connectivity index (χ1v) is 0. The zero-order valence-electron chi connectivity index (χ0n) is 2.12. The molecular formula is H2O4W-6. The Bertz CT molecular complexity index is 3.61. The molecule has 0 aliphatic heterocycles.